The number of nitrogens with zero attached hydrogens (tertiary/aromatic N) is 2. The molecule has 2 rings (SSSR count). The fourth-order valence-electron chi connectivity index (χ4n) is 4.23. The fraction of sp³-hybridized carbons (Fsp3) is 1.00. The van der Waals surface area contributed by atoms with Gasteiger partial charge in [0.2, 0.25) is 0 Å². The summed E-state index contributed by atoms with van der Waals surface area (Å²) in [5, 5.41) is 0. The number of fused-ring (bicyclic) bond motifs is 1. The molecule has 0 aromatic rings. The molecular weight excluding hydrogens is 246 g/mol. The van der Waals surface area contributed by atoms with E-state index in [0.717, 1.165) is 18.5 Å². The van der Waals surface area contributed by atoms with Crippen molar-refractivity contribution in [3.63, 3.8) is 0 Å². The van der Waals surface area contributed by atoms with Crippen LogP contribution in [0.5, 0.6) is 0 Å². The van der Waals surface area contributed by atoms with E-state index in [2.05, 4.69) is 30.6 Å². The van der Waals surface area contributed by atoms with Gasteiger partial charge in [0.15, 0.2) is 0 Å². The Labute approximate surface area is 125 Å². The normalized spacial score (nSPS) is 29.7. The molecule has 2 saturated heterocycles. The summed E-state index contributed by atoms with van der Waals surface area (Å²) in [5.41, 5.74) is 6.51. The molecule has 0 saturated carbocycles. The summed E-state index contributed by atoms with van der Waals surface area (Å²) < 4.78 is 0. The zero-order valence-corrected chi connectivity index (χ0v) is 13.9. The van der Waals surface area contributed by atoms with Gasteiger partial charge >= 0.3 is 0 Å². The molecular formula is C17H35N3. The Morgan fingerprint density at radius 3 is 2.65 bits per heavy atom. The molecule has 0 aromatic carbocycles. The summed E-state index contributed by atoms with van der Waals surface area (Å²) in [6.45, 7) is 12.9. The molecule has 3 nitrogen and oxygen atoms in total. The second-order valence-electron chi connectivity index (χ2n) is 7.13. The van der Waals surface area contributed by atoms with Gasteiger partial charge in [0.1, 0.15) is 0 Å². The molecule has 3 atom stereocenters. The lowest BCUT2D eigenvalue weighted by molar-refractivity contribution is -0.0220. The molecule has 2 N–H and O–H groups in total. The van der Waals surface area contributed by atoms with E-state index in [1.807, 2.05) is 0 Å². The van der Waals surface area contributed by atoms with E-state index in [9.17, 15) is 0 Å². The van der Waals surface area contributed by atoms with Crippen LogP contribution in [0.4, 0.5) is 0 Å². The van der Waals surface area contributed by atoms with Crippen molar-refractivity contribution in [1.29, 1.82) is 0 Å². The Morgan fingerprint density at radius 1 is 1.20 bits per heavy atom. The number of rotatable bonds is 6. The van der Waals surface area contributed by atoms with Crippen LogP contribution < -0.4 is 5.73 Å². The molecule has 2 heterocycles. The molecule has 0 amide bonds. The number of hydrogen-bond donors (Lipinski definition) is 1. The minimum Gasteiger partial charge on any atom is -0.329 e. The van der Waals surface area contributed by atoms with Gasteiger partial charge in [-0.1, -0.05) is 33.6 Å². The Morgan fingerprint density at radius 2 is 2.00 bits per heavy atom. The van der Waals surface area contributed by atoms with Crippen LogP contribution >= 0.6 is 0 Å². The minimum absolute atomic E-state index is 0.249. The van der Waals surface area contributed by atoms with Crippen LogP contribution in [0.2, 0.25) is 0 Å². The topological polar surface area (TPSA) is 32.5 Å². The molecule has 2 aliphatic heterocycles. The van der Waals surface area contributed by atoms with Crippen molar-refractivity contribution in [2.45, 2.75) is 70.9 Å². The van der Waals surface area contributed by atoms with Crippen LogP contribution in [0.3, 0.4) is 0 Å². The molecule has 3 unspecified atom stereocenters. The zero-order chi connectivity index (χ0) is 14.6. The van der Waals surface area contributed by atoms with Crippen LogP contribution in [0, 0.1) is 5.92 Å². The number of hydrogen-bond acceptors (Lipinski definition) is 3. The van der Waals surface area contributed by atoms with Crippen LogP contribution in [-0.2, 0) is 0 Å². The lowest BCUT2D eigenvalue weighted by Crippen LogP contribution is -2.64. The van der Waals surface area contributed by atoms with Crippen LogP contribution in [0.15, 0.2) is 0 Å². The maximum absolute atomic E-state index is 6.26. The van der Waals surface area contributed by atoms with E-state index < -0.39 is 0 Å². The summed E-state index contributed by atoms with van der Waals surface area (Å²) in [5.74, 6) is 0.780. The van der Waals surface area contributed by atoms with E-state index in [-0.39, 0.29) is 5.54 Å². The van der Waals surface area contributed by atoms with Gasteiger partial charge < -0.3 is 5.73 Å². The van der Waals surface area contributed by atoms with Crippen molar-refractivity contribution in [2.75, 3.05) is 32.7 Å². The average molecular weight is 281 g/mol. The van der Waals surface area contributed by atoms with Crippen LogP contribution in [0.25, 0.3) is 0 Å². The van der Waals surface area contributed by atoms with Crippen molar-refractivity contribution in [3.8, 4) is 0 Å². The van der Waals surface area contributed by atoms with E-state index in [1.165, 1.54) is 64.7 Å². The van der Waals surface area contributed by atoms with Crippen molar-refractivity contribution >= 4 is 0 Å². The minimum atomic E-state index is 0.249. The zero-order valence-electron chi connectivity index (χ0n) is 13.9. The molecule has 0 aromatic heterocycles. The average Bonchev–Trinajstić information content (AvgIpc) is 2.52. The van der Waals surface area contributed by atoms with Crippen LogP contribution in [-0.4, -0.2) is 54.1 Å². The van der Waals surface area contributed by atoms with Crippen LogP contribution in [0.1, 0.15) is 59.3 Å². The van der Waals surface area contributed by atoms with Gasteiger partial charge in [-0.3, -0.25) is 9.80 Å². The van der Waals surface area contributed by atoms with Crippen molar-refractivity contribution in [3.05, 3.63) is 0 Å². The standard InChI is InChI=1S/C17H35N3/c1-4-15(3)12-17(5-2,14-18)20-11-10-19-9-7-6-8-16(19)13-20/h15-16H,4-14,18H2,1-3H3. The van der Waals surface area contributed by atoms with E-state index >= 15 is 0 Å². The van der Waals surface area contributed by atoms with Gasteiger partial charge in [-0.25, -0.2) is 0 Å². The Balaban J connectivity index is 2.05. The Hall–Kier alpha value is -0.120. The first-order valence-corrected chi connectivity index (χ1v) is 8.84. The second kappa shape index (κ2) is 7.24. The van der Waals surface area contributed by atoms with Gasteiger partial charge in [-0.2, -0.15) is 0 Å². The first kappa shape index (κ1) is 16.3. The van der Waals surface area contributed by atoms with Crippen molar-refractivity contribution < 1.29 is 0 Å². The molecule has 0 spiro atoms. The summed E-state index contributed by atoms with van der Waals surface area (Å²) in [6, 6.07) is 0.798. The summed E-state index contributed by atoms with van der Waals surface area (Å²) in [4.78, 5) is 5.48. The molecule has 0 aliphatic carbocycles. The maximum Gasteiger partial charge on any atom is 0.0332 e. The Kier molecular flexibility index (Phi) is 5.88. The Bertz CT molecular complexity index is 288. The fourth-order valence-corrected chi connectivity index (χ4v) is 4.23. The predicted molar refractivity (Wildman–Crippen MR) is 86.9 cm³/mol. The van der Waals surface area contributed by atoms with Gasteiger partial charge in [-0.05, 0) is 38.1 Å². The maximum atomic E-state index is 6.26. The van der Waals surface area contributed by atoms with E-state index in [4.69, 9.17) is 5.73 Å². The smallest absolute Gasteiger partial charge is 0.0332 e. The SMILES string of the molecule is CCC(C)CC(CC)(CN)N1CCN2CCCCC2C1. The lowest BCUT2D eigenvalue weighted by Gasteiger charge is -2.52. The van der Waals surface area contributed by atoms with Gasteiger partial charge in [-0.15, -0.1) is 0 Å². The lowest BCUT2D eigenvalue weighted by atomic mass is 9.81. The third kappa shape index (κ3) is 3.37. The third-order valence-corrected chi connectivity index (χ3v) is 5.97. The van der Waals surface area contributed by atoms with Crippen molar-refractivity contribution in [1.82, 2.24) is 9.80 Å². The largest absolute Gasteiger partial charge is 0.329 e. The van der Waals surface area contributed by atoms with E-state index in [0.29, 0.717) is 0 Å². The highest BCUT2D eigenvalue weighted by Crippen LogP contribution is 2.32. The molecule has 2 aliphatic rings. The summed E-state index contributed by atoms with van der Waals surface area (Å²) in [6.07, 6.45) is 7.94. The number of piperidine rings is 1. The predicted octanol–water partition coefficient (Wildman–Crippen LogP) is 2.70. The molecule has 3 heteroatoms. The molecule has 20 heavy (non-hydrogen) atoms. The highest BCUT2D eigenvalue weighted by Gasteiger charge is 2.39. The second-order valence-corrected chi connectivity index (χ2v) is 7.13. The molecule has 118 valence electrons. The monoisotopic (exact) mass is 281 g/mol. The van der Waals surface area contributed by atoms with Gasteiger partial charge in [0.25, 0.3) is 0 Å². The molecule has 0 radical (unpaired) electrons. The third-order valence-electron chi connectivity index (χ3n) is 5.97. The molecule has 2 fully saturated rings. The first-order valence-electron chi connectivity index (χ1n) is 8.84. The highest BCUT2D eigenvalue weighted by molar-refractivity contribution is 4.97. The van der Waals surface area contributed by atoms with Gasteiger partial charge in [0.05, 0.1) is 0 Å². The quantitative estimate of drug-likeness (QED) is 0.812. The first-order chi connectivity index (χ1) is 9.65. The molecule has 0 bridgehead atoms. The number of nitrogens with two attached hydrogens (primary N) is 1. The summed E-state index contributed by atoms with van der Waals surface area (Å²) >= 11 is 0. The van der Waals surface area contributed by atoms with Crippen molar-refractivity contribution in [2.24, 2.45) is 11.7 Å². The number of piperazine rings is 1. The van der Waals surface area contributed by atoms with Gasteiger partial charge in [0, 0.05) is 37.8 Å². The summed E-state index contributed by atoms with van der Waals surface area (Å²) in [7, 11) is 0. The highest BCUT2D eigenvalue weighted by atomic mass is 15.3. The van der Waals surface area contributed by atoms with E-state index in [1.54, 1.807) is 0 Å².